The third-order valence-electron chi connectivity index (χ3n) is 4.15. The van der Waals surface area contributed by atoms with Crippen LogP contribution in [0.4, 0.5) is 0 Å². The first-order valence-corrected chi connectivity index (χ1v) is 7.74. The largest absolute Gasteiger partial charge is 0.385 e. The average Bonchev–Trinajstić information content (AvgIpc) is 2.64. The molecule has 20 heavy (non-hydrogen) atoms. The lowest BCUT2D eigenvalue weighted by Gasteiger charge is -2.30. The number of likely N-dealkylation sites (tertiary alicyclic amines) is 1. The van der Waals surface area contributed by atoms with Gasteiger partial charge in [-0.05, 0) is 37.0 Å². The van der Waals surface area contributed by atoms with E-state index in [1.54, 1.807) is 7.11 Å². The molecule has 3 N–H and O–H groups in total. The molecule has 1 fully saturated rings. The maximum absolute atomic E-state index is 5.64. The Balaban J connectivity index is 2.53. The van der Waals surface area contributed by atoms with Gasteiger partial charge in [-0.2, -0.15) is 0 Å². The van der Waals surface area contributed by atoms with Gasteiger partial charge in [0, 0.05) is 33.4 Å². The third-order valence-corrected chi connectivity index (χ3v) is 4.15. The molecule has 118 valence electrons. The number of rotatable bonds is 4. The van der Waals surface area contributed by atoms with Crippen molar-refractivity contribution < 1.29 is 4.74 Å². The molecule has 1 aliphatic rings. The zero-order chi connectivity index (χ0) is 15.0. The van der Waals surface area contributed by atoms with Crippen molar-refractivity contribution in [2.75, 3.05) is 33.4 Å². The highest BCUT2D eigenvalue weighted by Gasteiger charge is 2.27. The quantitative estimate of drug-likeness (QED) is 0.272. The average molecular weight is 284 g/mol. The van der Waals surface area contributed by atoms with Crippen LogP contribution in [-0.4, -0.2) is 44.2 Å². The lowest BCUT2D eigenvalue weighted by Crippen LogP contribution is -2.45. The number of nitrogens with zero attached hydrogens (tertiary/aromatic N) is 2. The van der Waals surface area contributed by atoms with Crippen LogP contribution in [-0.2, 0) is 4.74 Å². The van der Waals surface area contributed by atoms with E-state index in [1.165, 1.54) is 19.3 Å². The molecule has 1 unspecified atom stereocenters. The van der Waals surface area contributed by atoms with Crippen LogP contribution >= 0.6 is 0 Å². The molecule has 0 aromatic carbocycles. The summed E-state index contributed by atoms with van der Waals surface area (Å²) in [5.74, 6) is 7.24. The van der Waals surface area contributed by atoms with Crippen LogP contribution in [0.5, 0.6) is 0 Å². The number of aliphatic imine (C=N–C) groups is 1. The van der Waals surface area contributed by atoms with Crippen molar-refractivity contribution in [3.05, 3.63) is 0 Å². The van der Waals surface area contributed by atoms with Gasteiger partial charge in [-0.25, -0.2) is 5.84 Å². The molecule has 1 aliphatic heterocycles. The van der Waals surface area contributed by atoms with Gasteiger partial charge < -0.3 is 9.64 Å². The SMILES string of the molecule is COCCCN=C(NN)N1CCCC(C(C)(C)C)CC1. The molecule has 1 saturated heterocycles. The number of methoxy groups -OCH3 is 1. The van der Waals surface area contributed by atoms with Gasteiger partial charge in [0.1, 0.15) is 0 Å². The monoisotopic (exact) mass is 284 g/mol. The van der Waals surface area contributed by atoms with Gasteiger partial charge in [-0.1, -0.05) is 20.8 Å². The summed E-state index contributed by atoms with van der Waals surface area (Å²) >= 11 is 0. The number of hydrazine groups is 1. The van der Waals surface area contributed by atoms with E-state index in [0.717, 1.165) is 44.5 Å². The fourth-order valence-corrected chi connectivity index (χ4v) is 2.80. The summed E-state index contributed by atoms with van der Waals surface area (Å²) in [6.45, 7) is 10.6. The topological polar surface area (TPSA) is 62.9 Å². The zero-order valence-corrected chi connectivity index (χ0v) is 13.6. The van der Waals surface area contributed by atoms with E-state index >= 15 is 0 Å². The van der Waals surface area contributed by atoms with Crippen LogP contribution in [0.25, 0.3) is 0 Å². The normalized spacial score (nSPS) is 21.8. The summed E-state index contributed by atoms with van der Waals surface area (Å²) in [5.41, 5.74) is 3.16. The molecule has 0 saturated carbocycles. The van der Waals surface area contributed by atoms with Crippen molar-refractivity contribution in [3.8, 4) is 0 Å². The maximum Gasteiger partial charge on any atom is 0.208 e. The van der Waals surface area contributed by atoms with Crippen molar-refractivity contribution in [1.82, 2.24) is 10.3 Å². The Morgan fingerprint density at radius 3 is 2.70 bits per heavy atom. The minimum absolute atomic E-state index is 0.391. The Morgan fingerprint density at radius 2 is 2.10 bits per heavy atom. The molecule has 1 heterocycles. The highest BCUT2D eigenvalue weighted by atomic mass is 16.5. The van der Waals surface area contributed by atoms with Crippen molar-refractivity contribution >= 4 is 5.96 Å². The molecule has 0 radical (unpaired) electrons. The Kier molecular flexibility index (Phi) is 7.30. The first-order chi connectivity index (χ1) is 9.49. The molecule has 5 heteroatoms. The molecule has 0 aromatic rings. The number of nitrogens with two attached hydrogens (primary N) is 1. The van der Waals surface area contributed by atoms with Gasteiger partial charge in [0.2, 0.25) is 5.96 Å². The van der Waals surface area contributed by atoms with Crippen LogP contribution in [0.3, 0.4) is 0 Å². The zero-order valence-electron chi connectivity index (χ0n) is 13.6. The minimum Gasteiger partial charge on any atom is -0.385 e. The number of nitrogens with one attached hydrogen (secondary N) is 1. The van der Waals surface area contributed by atoms with Crippen molar-refractivity contribution in [1.29, 1.82) is 0 Å². The number of hydrogen-bond donors (Lipinski definition) is 2. The van der Waals surface area contributed by atoms with Crippen LogP contribution in [0.2, 0.25) is 0 Å². The Bertz CT molecular complexity index is 299. The fraction of sp³-hybridized carbons (Fsp3) is 0.933. The van der Waals surface area contributed by atoms with Gasteiger partial charge in [0.25, 0.3) is 0 Å². The van der Waals surface area contributed by atoms with Crippen LogP contribution in [0, 0.1) is 11.3 Å². The minimum atomic E-state index is 0.391. The summed E-state index contributed by atoms with van der Waals surface area (Å²) in [6, 6.07) is 0. The first-order valence-electron chi connectivity index (χ1n) is 7.74. The van der Waals surface area contributed by atoms with E-state index in [-0.39, 0.29) is 0 Å². The Morgan fingerprint density at radius 1 is 1.35 bits per heavy atom. The molecule has 5 nitrogen and oxygen atoms in total. The Labute approximate surface area is 123 Å². The molecule has 1 rings (SSSR count). The highest BCUT2D eigenvalue weighted by molar-refractivity contribution is 5.79. The molecule has 0 spiro atoms. The van der Waals surface area contributed by atoms with E-state index in [0.29, 0.717) is 5.41 Å². The molecular formula is C15H32N4O. The molecule has 0 amide bonds. The van der Waals surface area contributed by atoms with E-state index in [1.807, 2.05) is 0 Å². The van der Waals surface area contributed by atoms with Gasteiger partial charge in [-0.15, -0.1) is 0 Å². The molecular weight excluding hydrogens is 252 g/mol. The van der Waals surface area contributed by atoms with Gasteiger partial charge >= 0.3 is 0 Å². The van der Waals surface area contributed by atoms with Crippen molar-refractivity contribution in [2.45, 2.75) is 46.5 Å². The lowest BCUT2D eigenvalue weighted by atomic mass is 9.77. The van der Waals surface area contributed by atoms with Gasteiger partial charge in [-0.3, -0.25) is 10.4 Å². The number of guanidine groups is 1. The second-order valence-electron chi connectivity index (χ2n) is 6.68. The summed E-state index contributed by atoms with van der Waals surface area (Å²) in [5, 5.41) is 0. The Hall–Kier alpha value is -0.810. The van der Waals surface area contributed by atoms with E-state index in [2.05, 4.69) is 36.1 Å². The molecule has 0 aliphatic carbocycles. The summed E-state index contributed by atoms with van der Waals surface area (Å²) in [6.07, 6.45) is 4.64. The predicted octanol–water partition coefficient (Wildman–Crippen LogP) is 1.99. The third kappa shape index (κ3) is 5.67. The standard InChI is InChI=1S/C15H32N4O/c1-15(2,3)13-7-5-10-19(11-8-13)14(18-16)17-9-6-12-20-4/h13H,5-12,16H2,1-4H3,(H,17,18). The molecule has 1 atom stereocenters. The summed E-state index contributed by atoms with van der Waals surface area (Å²) in [7, 11) is 1.72. The lowest BCUT2D eigenvalue weighted by molar-refractivity contribution is 0.196. The van der Waals surface area contributed by atoms with Crippen molar-refractivity contribution in [2.24, 2.45) is 22.2 Å². The van der Waals surface area contributed by atoms with Crippen molar-refractivity contribution in [3.63, 3.8) is 0 Å². The summed E-state index contributed by atoms with van der Waals surface area (Å²) < 4.78 is 5.04. The maximum atomic E-state index is 5.64. The van der Waals surface area contributed by atoms with Crippen LogP contribution in [0.1, 0.15) is 46.5 Å². The fourth-order valence-electron chi connectivity index (χ4n) is 2.80. The highest BCUT2D eigenvalue weighted by Crippen LogP contribution is 2.34. The second kappa shape index (κ2) is 8.47. The molecule has 0 aromatic heterocycles. The van der Waals surface area contributed by atoms with Crippen LogP contribution < -0.4 is 11.3 Å². The predicted molar refractivity (Wildman–Crippen MR) is 84.5 cm³/mol. The smallest absolute Gasteiger partial charge is 0.208 e. The second-order valence-corrected chi connectivity index (χ2v) is 6.68. The van der Waals surface area contributed by atoms with E-state index < -0.39 is 0 Å². The van der Waals surface area contributed by atoms with Gasteiger partial charge in [0.15, 0.2) is 0 Å². The van der Waals surface area contributed by atoms with Crippen LogP contribution in [0.15, 0.2) is 4.99 Å². The number of hydrogen-bond acceptors (Lipinski definition) is 3. The first kappa shape index (κ1) is 17.2. The van der Waals surface area contributed by atoms with E-state index in [4.69, 9.17) is 10.6 Å². The van der Waals surface area contributed by atoms with Gasteiger partial charge in [0.05, 0.1) is 0 Å². The molecule has 0 bridgehead atoms. The number of ether oxygens (including phenoxy) is 1. The summed E-state index contributed by atoms with van der Waals surface area (Å²) in [4.78, 5) is 6.85. The van der Waals surface area contributed by atoms with E-state index in [9.17, 15) is 0 Å².